The van der Waals surface area contributed by atoms with Gasteiger partial charge in [0, 0.05) is 0 Å². The second-order valence-electron chi connectivity index (χ2n) is 2.94. The molecule has 0 aromatic carbocycles. The standard InChI is InChI=1S/C5H12O4.3H3O3P/c6-1-5(2-7,3-8)4-9;3*1-4(2)3/h6-9H,1-4H2;3*1-3H. The molecule has 0 atom stereocenters. The van der Waals surface area contributed by atoms with Crippen LogP contribution in [0.25, 0.3) is 0 Å². The molecule has 134 valence electrons. The monoisotopic (exact) mass is 382 g/mol. The van der Waals surface area contributed by atoms with Crippen LogP contribution in [0.1, 0.15) is 0 Å². The van der Waals surface area contributed by atoms with E-state index in [0.29, 0.717) is 0 Å². The summed E-state index contributed by atoms with van der Waals surface area (Å²) in [6.45, 7) is -1.62. The van der Waals surface area contributed by atoms with E-state index >= 15 is 0 Å². The number of aliphatic hydroxyl groups excluding tert-OH is 4. The summed E-state index contributed by atoms with van der Waals surface area (Å²) in [6.07, 6.45) is 0. The summed E-state index contributed by atoms with van der Waals surface area (Å²) in [5.74, 6) is 0. The van der Waals surface area contributed by atoms with Crippen LogP contribution in [0.5, 0.6) is 0 Å². The maximum atomic E-state index is 8.50. The quantitative estimate of drug-likeness (QED) is 0.205. The molecule has 0 aliphatic rings. The van der Waals surface area contributed by atoms with Crippen molar-refractivity contribution in [3.05, 3.63) is 0 Å². The van der Waals surface area contributed by atoms with Crippen molar-refractivity contribution < 1.29 is 64.5 Å². The molecule has 0 amide bonds. The lowest BCUT2D eigenvalue weighted by Crippen LogP contribution is -2.37. The van der Waals surface area contributed by atoms with Gasteiger partial charge in [-0.25, -0.2) is 0 Å². The van der Waals surface area contributed by atoms with Crippen LogP contribution < -0.4 is 0 Å². The maximum absolute atomic E-state index is 8.50. The van der Waals surface area contributed by atoms with Gasteiger partial charge in [0.2, 0.25) is 0 Å². The normalized spacial score (nSPS) is 10.3. The van der Waals surface area contributed by atoms with Crippen molar-refractivity contribution in [2.24, 2.45) is 5.41 Å². The molecule has 0 aromatic rings. The molecule has 0 bridgehead atoms. The number of hydrogen-bond acceptors (Lipinski definition) is 13. The average molecular weight is 382 g/mol. The zero-order valence-corrected chi connectivity index (χ0v) is 13.2. The van der Waals surface area contributed by atoms with Crippen LogP contribution in [-0.4, -0.2) is 90.9 Å². The van der Waals surface area contributed by atoms with E-state index in [9.17, 15) is 0 Å². The van der Waals surface area contributed by atoms with Crippen molar-refractivity contribution in [3.8, 4) is 0 Å². The van der Waals surface area contributed by atoms with E-state index < -0.39 is 57.6 Å². The fraction of sp³-hybridized carbons (Fsp3) is 1.00. The third-order valence-corrected chi connectivity index (χ3v) is 1.34. The third-order valence-electron chi connectivity index (χ3n) is 1.34. The van der Waals surface area contributed by atoms with Gasteiger partial charge in [0.15, 0.2) is 0 Å². The fourth-order valence-electron chi connectivity index (χ4n) is 0.300. The first kappa shape index (κ1) is 29.7. The van der Waals surface area contributed by atoms with Crippen molar-refractivity contribution in [1.82, 2.24) is 0 Å². The van der Waals surface area contributed by atoms with E-state index in [-0.39, 0.29) is 0 Å². The Hall–Kier alpha value is 0.770. The molecule has 13 nitrogen and oxygen atoms in total. The first-order valence-corrected chi connectivity index (χ1v) is 8.08. The SMILES string of the molecule is OCC(CO)(CO)CO.OP(O)O.OP(O)O.OP(O)O. The van der Waals surface area contributed by atoms with Gasteiger partial charge in [-0.2, -0.15) is 0 Å². The van der Waals surface area contributed by atoms with Crippen LogP contribution in [0.2, 0.25) is 0 Å². The summed E-state index contributed by atoms with van der Waals surface area (Å²) >= 11 is 0. The number of hydrogen-bond donors (Lipinski definition) is 13. The highest BCUT2D eigenvalue weighted by Crippen LogP contribution is 2.12. The molecule has 0 aliphatic heterocycles. The minimum atomic E-state index is -2.62. The van der Waals surface area contributed by atoms with Crippen molar-refractivity contribution in [2.75, 3.05) is 26.4 Å². The summed E-state index contributed by atoms with van der Waals surface area (Å²) in [7, 11) is -7.86. The van der Waals surface area contributed by atoms with Crippen LogP contribution in [0.4, 0.5) is 0 Å². The Morgan fingerprint density at radius 1 is 0.429 bits per heavy atom. The second kappa shape index (κ2) is 20.8. The Labute approximate surface area is 123 Å². The molecule has 0 aliphatic carbocycles. The molecule has 0 unspecified atom stereocenters. The van der Waals surface area contributed by atoms with Gasteiger partial charge in [-0.1, -0.05) is 0 Å². The lowest BCUT2D eigenvalue weighted by molar-refractivity contribution is -0.0328. The van der Waals surface area contributed by atoms with Gasteiger partial charge in [0.1, 0.15) is 0 Å². The summed E-state index contributed by atoms with van der Waals surface area (Å²) in [4.78, 5) is 65.1. The molecule has 0 rings (SSSR count). The molecule has 0 heterocycles. The Morgan fingerprint density at radius 2 is 0.524 bits per heavy atom. The molecule has 0 saturated carbocycles. The number of rotatable bonds is 4. The van der Waals surface area contributed by atoms with Crippen LogP contribution in [0, 0.1) is 5.41 Å². The van der Waals surface area contributed by atoms with E-state index in [1.165, 1.54) is 0 Å². The van der Waals surface area contributed by atoms with E-state index in [4.69, 9.17) is 64.5 Å². The minimum Gasteiger partial charge on any atom is -0.396 e. The fourth-order valence-corrected chi connectivity index (χ4v) is 0.300. The Bertz CT molecular complexity index is 137. The van der Waals surface area contributed by atoms with Gasteiger partial charge >= 0.3 is 25.8 Å². The van der Waals surface area contributed by atoms with Crippen molar-refractivity contribution in [3.63, 3.8) is 0 Å². The summed E-state index contributed by atoms with van der Waals surface area (Å²) in [5.41, 5.74) is -1.11. The van der Waals surface area contributed by atoms with Crippen LogP contribution in [-0.2, 0) is 0 Å². The van der Waals surface area contributed by atoms with E-state index in [1.54, 1.807) is 0 Å². The van der Waals surface area contributed by atoms with Gasteiger partial charge in [0.25, 0.3) is 0 Å². The molecule has 13 N–H and O–H groups in total. The summed E-state index contributed by atoms with van der Waals surface area (Å²) in [5, 5.41) is 34.0. The van der Waals surface area contributed by atoms with E-state index in [0.717, 1.165) is 0 Å². The van der Waals surface area contributed by atoms with Crippen LogP contribution in [0.3, 0.4) is 0 Å². The summed E-state index contributed by atoms with van der Waals surface area (Å²) in [6, 6.07) is 0. The van der Waals surface area contributed by atoms with Crippen LogP contribution >= 0.6 is 25.8 Å². The molecular formula is C5H21O13P3. The van der Waals surface area contributed by atoms with Gasteiger partial charge in [-0.15, -0.1) is 0 Å². The smallest absolute Gasteiger partial charge is 0.324 e. The van der Waals surface area contributed by atoms with Gasteiger partial charge in [-0.05, 0) is 0 Å². The van der Waals surface area contributed by atoms with Gasteiger partial charge in [0.05, 0.1) is 31.8 Å². The predicted molar refractivity (Wildman–Crippen MR) is 71.5 cm³/mol. The Kier molecular flexibility index (Phi) is 29.4. The van der Waals surface area contributed by atoms with Crippen LogP contribution in [0.15, 0.2) is 0 Å². The summed E-state index contributed by atoms with van der Waals surface area (Å²) < 4.78 is 0. The van der Waals surface area contributed by atoms with E-state index in [1.807, 2.05) is 0 Å². The van der Waals surface area contributed by atoms with Crippen molar-refractivity contribution >= 4 is 25.8 Å². The van der Waals surface area contributed by atoms with Gasteiger partial charge in [-0.3, -0.25) is 0 Å². The van der Waals surface area contributed by atoms with Crippen molar-refractivity contribution in [2.45, 2.75) is 0 Å². The zero-order chi connectivity index (χ0) is 18.1. The highest BCUT2D eigenvalue weighted by molar-refractivity contribution is 7.38. The zero-order valence-electron chi connectivity index (χ0n) is 10.5. The largest absolute Gasteiger partial charge is 0.396 e. The average Bonchev–Trinajstić information content (AvgIpc) is 2.30. The lowest BCUT2D eigenvalue weighted by atomic mass is 9.93. The molecule has 0 saturated heterocycles. The Morgan fingerprint density at radius 3 is 0.524 bits per heavy atom. The third kappa shape index (κ3) is 44.9. The first-order valence-electron chi connectivity index (χ1n) is 4.48. The molecule has 0 fully saturated rings. The highest BCUT2D eigenvalue weighted by Gasteiger charge is 2.26. The van der Waals surface area contributed by atoms with Crippen molar-refractivity contribution in [1.29, 1.82) is 0 Å². The second-order valence-corrected chi connectivity index (χ2v) is 4.55. The molecular weight excluding hydrogens is 361 g/mol. The van der Waals surface area contributed by atoms with E-state index in [2.05, 4.69) is 0 Å². The molecule has 0 spiro atoms. The minimum absolute atomic E-state index is 0.406. The molecule has 21 heavy (non-hydrogen) atoms. The number of aliphatic hydroxyl groups is 4. The Balaban J connectivity index is -0.000000102. The molecule has 16 heteroatoms. The molecule has 0 aromatic heterocycles. The van der Waals surface area contributed by atoms with Gasteiger partial charge < -0.3 is 64.5 Å². The molecule has 0 radical (unpaired) electrons. The maximum Gasteiger partial charge on any atom is 0.324 e. The lowest BCUT2D eigenvalue weighted by Gasteiger charge is -2.23. The predicted octanol–water partition coefficient (Wildman–Crippen LogP) is -4.49. The topological polar surface area (TPSA) is 263 Å². The first-order chi connectivity index (χ1) is 9.44. The highest BCUT2D eigenvalue weighted by atomic mass is 31.2.